The predicted molar refractivity (Wildman–Crippen MR) is 114 cm³/mol. The van der Waals surface area contributed by atoms with Crippen molar-refractivity contribution in [3.05, 3.63) is 52.3 Å². The largest absolute Gasteiger partial charge is 0.497 e. The number of hydrogen-bond acceptors (Lipinski definition) is 5. The van der Waals surface area contributed by atoms with Crippen LogP contribution in [-0.2, 0) is 4.74 Å². The minimum Gasteiger partial charge on any atom is -0.497 e. The van der Waals surface area contributed by atoms with Crippen LogP contribution >= 0.6 is 0 Å². The highest BCUT2D eigenvalue weighted by Crippen LogP contribution is 2.21. The Labute approximate surface area is 177 Å². The Balaban J connectivity index is 2.32. The number of benzene rings is 1. The summed E-state index contributed by atoms with van der Waals surface area (Å²) >= 11 is 0. The standard InChI is InChI=1S/C23H30N2O5/c1-14(2)10-11-25(22(27)17-8-7-9-18(12-17)29-5)13-19(26)20-15(3)21(23(28)30-6)24-16(20)4/h7-9,12,14,24H,10-11,13H2,1-6H3. The zero-order valence-electron chi connectivity index (χ0n) is 18.5. The van der Waals surface area contributed by atoms with Crippen LogP contribution in [0.5, 0.6) is 5.75 Å². The van der Waals surface area contributed by atoms with Crippen LogP contribution in [0.15, 0.2) is 24.3 Å². The number of esters is 1. The fraction of sp³-hybridized carbons (Fsp3) is 0.435. The molecule has 7 heteroatoms. The molecule has 0 atom stereocenters. The third-order valence-corrected chi connectivity index (χ3v) is 5.02. The normalized spacial score (nSPS) is 10.8. The van der Waals surface area contributed by atoms with Crippen LogP contribution < -0.4 is 4.74 Å². The van der Waals surface area contributed by atoms with Crippen molar-refractivity contribution in [3.8, 4) is 5.75 Å². The van der Waals surface area contributed by atoms with Gasteiger partial charge in [0.25, 0.3) is 5.91 Å². The summed E-state index contributed by atoms with van der Waals surface area (Å²) in [6.07, 6.45) is 0.765. The van der Waals surface area contributed by atoms with Gasteiger partial charge in [0, 0.05) is 23.4 Å². The number of ketones is 1. The Bertz CT molecular complexity index is 930. The molecule has 2 aromatic rings. The molecule has 0 saturated carbocycles. The number of nitrogens with one attached hydrogen (secondary N) is 1. The highest BCUT2D eigenvalue weighted by molar-refractivity contribution is 6.05. The smallest absolute Gasteiger partial charge is 0.354 e. The number of carbonyl (C=O) groups excluding carboxylic acids is 3. The molecule has 2 rings (SSSR count). The van der Waals surface area contributed by atoms with Gasteiger partial charge < -0.3 is 19.4 Å². The quantitative estimate of drug-likeness (QED) is 0.498. The Morgan fingerprint density at radius 1 is 1.13 bits per heavy atom. The SMILES string of the molecule is COC(=O)c1[nH]c(C)c(C(=O)CN(CCC(C)C)C(=O)c2cccc(OC)c2)c1C. The van der Waals surface area contributed by atoms with E-state index in [2.05, 4.69) is 18.8 Å². The number of aryl methyl sites for hydroxylation is 1. The molecule has 30 heavy (non-hydrogen) atoms. The number of aromatic nitrogens is 1. The van der Waals surface area contributed by atoms with E-state index in [0.717, 1.165) is 6.42 Å². The van der Waals surface area contributed by atoms with Crippen molar-refractivity contribution in [1.82, 2.24) is 9.88 Å². The van der Waals surface area contributed by atoms with E-state index in [1.807, 2.05) is 0 Å². The second kappa shape index (κ2) is 10.1. The molecule has 0 fully saturated rings. The van der Waals surface area contributed by atoms with Gasteiger partial charge >= 0.3 is 5.97 Å². The number of H-pyrrole nitrogens is 1. The van der Waals surface area contributed by atoms with E-state index in [1.54, 1.807) is 50.1 Å². The van der Waals surface area contributed by atoms with Crippen molar-refractivity contribution >= 4 is 17.7 Å². The van der Waals surface area contributed by atoms with Crippen LogP contribution in [0.25, 0.3) is 0 Å². The van der Waals surface area contributed by atoms with E-state index < -0.39 is 5.97 Å². The minimum atomic E-state index is -0.529. The first-order chi connectivity index (χ1) is 14.2. The zero-order chi connectivity index (χ0) is 22.4. The van der Waals surface area contributed by atoms with E-state index in [0.29, 0.717) is 40.6 Å². The monoisotopic (exact) mass is 414 g/mol. The third-order valence-electron chi connectivity index (χ3n) is 5.02. The van der Waals surface area contributed by atoms with Crippen LogP contribution in [0, 0.1) is 19.8 Å². The second-order valence-corrected chi connectivity index (χ2v) is 7.68. The van der Waals surface area contributed by atoms with E-state index in [9.17, 15) is 14.4 Å². The van der Waals surface area contributed by atoms with Crippen molar-refractivity contribution in [2.75, 3.05) is 27.3 Å². The van der Waals surface area contributed by atoms with Gasteiger partial charge in [0.05, 0.1) is 20.8 Å². The predicted octanol–water partition coefficient (Wildman–Crippen LogP) is 3.80. The zero-order valence-corrected chi connectivity index (χ0v) is 18.5. The van der Waals surface area contributed by atoms with Gasteiger partial charge in [0.1, 0.15) is 11.4 Å². The molecule has 1 aromatic heterocycles. The Kier molecular flexibility index (Phi) is 7.80. The maximum absolute atomic E-state index is 13.2. The average Bonchev–Trinajstić information content (AvgIpc) is 3.03. The summed E-state index contributed by atoms with van der Waals surface area (Å²) in [5.41, 5.74) is 2.25. The topological polar surface area (TPSA) is 88.7 Å². The molecule has 0 bridgehead atoms. The van der Waals surface area contributed by atoms with Gasteiger partial charge in [-0.2, -0.15) is 0 Å². The fourth-order valence-electron chi connectivity index (χ4n) is 3.33. The van der Waals surface area contributed by atoms with Crippen molar-refractivity contribution in [2.24, 2.45) is 5.92 Å². The number of rotatable bonds is 9. The van der Waals surface area contributed by atoms with Crippen molar-refractivity contribution in [3.63, 3.8) is 0 Å². The number of aromatic amines is 1. The first-order valence-corrected chi connectivity index (χ1v) is 9.93. The van der Waals surface area contributed by atoms with E-state index in [1.165, 1.54) is 7.11 Å². The molecule has 0 aliphatic rings. The van der Waals surface area contributed by atoms with E-state index >= 15 is 0 Å². The summed E-state index contributed by atoms with van der Waals surface area (Å²) in [5, 5.41) is 0. The van der Waals surface area contributed by atoms with Crippen LogP contribution in [0.3, 0.4) is 0 Å². The molecule has 0 aliphatic heterocycles. The van der Waals surface area contributed by atoms with Gasteiger partial charge in [-0.15, -0.1) is 0 Å². The molecule has 1 N–H and O–H groups in total. The van der Waals surface area contributed by atoms with Gasteiger partial charge in [-0.1, -0.05) is 19.9 Å². The number of ether oxygens (including phenoxy) is 2. The molecule has 0 aliphatic carbocycles. The molecule has 0 saturated heterocycles. The molecule has 1 heterocycles. The molecule has 0 radical (unpaired) electrons. The van der Waals surface area contributed by atoms with Gasteiger partial charge in [-0.05, 0) is 49.9 Å². The van der Waals surface area contributed by atoms with Gasteiger partial charge in [-0.3, -0.25) is 9.59 Å². The van der Waals surface area contributed by atoms with Crippen LogP contribution in [-0.4, -0.2) is 54.9 Å². The number of carbonyl (C=O) groups is 3. The number of Topliss-reactive ketones (excluding diaryl/α,β-unsaturated/α-hetero) is 1. The number of amides is 1. The summed E-state index contributed by atoms with van der Waals surface area (Å²) < 4.78 is 9.99. The molecular formula is C23H30N2O5. The molecule has 0 spiro atoms. The van der Waals surface area contributed by atoms with Gasteiger partial charge in [0.15, 0.2) is 5.78 Å². The van der Waals surface area contributed by atoms with Crippen molar-refractivity contribution in [2.45, 2.75) is 34.1 Å². The minimum absolute atomic E-state index is 0.0804. The summed E-state index contributed by atoms with van der Waals surface area (Å²) in [6, 6.07) is 6.88. The summed E-state index contributed by atoms with van der Waals surface area (Å²) in [5.74, 6) is -0.0319. The number of methoxy groups -OCH3 is 2. The lowest BCUT2D eigenvalue weighted by Gasteiger charge is -2.23. The van der Waals surface area contributed by atoms with Crippen LogP contribution in [0.2, 0.25) is 0 Å². The first kappa shape index (κ1) is 23.2. The number of nitrogens with zero attached hydrogens (tertiary/aromatic N) is 1. The lowest BCUT2D eigenvalue weighted by atomic mass is 10.0. The maximum Gasteiger partial charge on any atom is 0.354 e. The number of hydrogen-bond donors (Lipinski definition) is 1. The average molecular weight is 415 g/mol. The lowest BCUT2D eigenvalue weighted by Crippen LogP contribution is -2.37. The molecule has 0 unspecified atom stereocenters. The second-order valence-electron chi connectivity index (χ2n) is 7.68. The maximum atomic E-state index is 13.2. The summed E-state index contributed by atoms with van der Waals surface area (Å²) in [4.78, 5) is 42.7. The van der Waals surface area contributed by atoms with E-state index in [4.69, 9.17) is 9.47 Å². The highest BCUT2D eigenvalue weighted by atomic mass is 16.5. The first-order valence-electron chi connectivity index (χ1n) is 9.93. The summed E-state index contributed by atoms with van der Waals surface area (Å²) in [7, 11) is 2.83. The van der Waals surface area contributed by atoms with Crippen molar-refractivity contribution in [1.29, 1.82) is 0 Å². The third kappa shape index (κ3) is 5.28. The Morgan fingerprint density at radius 2 is 1.83 bits per heavy atom. The lowest BCUT2D eigenvalue weighted by molar-refractivity contribution is 0.0593. The highest BCUT2D eigenvalue weighted by Gasteiger charge is 2.26. The molecule has 162 valence electrons. The summed E-state index contributed by atoms with van der Waals surface area (Å²) in [6.45, 7) is 7.94. The molecular weight excluding hydrogens is 384 g/mol. The van der Waals surface area contributed by atoms with Gasteiger partial charge in [0.2, 0.25) is 0 Å². The molecule has 1 amide bonds. The van der Waals surface area contributed by atoms with Crippen LogP contribution in [0.4, 0.5) is 0 Å². The van der Waals surface area contributed by atoms with E-state index in [-0.39, 0.29) is 23.9 Å². The Hall–Kier alpha value is -3.09. The fourth-order valence-corrected chi connectivity index (χ4v) is 3.33. The van der Waals surface area contributed by atoms with Crippen molar-refractivity contribution < 1.29 is 23.9 Å². The Morgan fingerprint density at radius 3 is 2.43 bits per heavy atom. The molecule has 1 aromatic carbocycles. The van der Waals surface area contributed by atoms with Gasteiger partial charge in [-0.25, -0.2) is 4.79 Å². The van der Waals surface area contributed by atoms with Crippen LogP contribution in [0.1, 0.15) is 62.7 Å². The molecule has 7 nitrogen and oxygen atoms in total.